The normalized spacial score (nSPS) is 13.4. The molecule has 4 aromatic carbocycles. The lowest BCUT2D eigenvalue weighted by atomic mass is 9.68. The fraction of sp³-hybridized carbons (Fsp3) is 0.467. The molecule has 0 unspecified atom stereocenters. The smallest absolute Gasteiger partial charge is 0.0504 e. The Morgan fingerprint density at radius 1 is 0.562 bits per heavy atom. The van der Waals surface area contributed by atoms with E-state index in [1.54, 1.807) is 11.1 Å². The number of fused-ring (bicyclic) bond motifs is 6. The van der Waals surface area contributed by atoms with Crippen LogP contribution in [0.2, 0.25) is 0 Å². The second-order valence-corrected chi connectivity index (χ2v) is 16.9. The number of hydrogen-bond acceptors (Lipinski definition) is 0. The summed E-state index contributed by atoms with van der Waals surface area (Å²) in [4.78, 5) is 0. The second kappa shape index (κ2) is 16.9. The fourth-order valence-electron chi connectivity index (χ4n) is 8.73. The molecule has 0 saturated carbocycles. The van der Waals surface area contributed by atoms with Gasteiger partial charge in [-0.15, -0.1) is 0 Å². The van der Waals surface area contributed by atoms with Crippen LogP contribution in [0.4, 0.5) is 0 Å². The maximum Gasteiger partial charge on any atom is 0.0504 e. The van der Waals surface area contributed by atoms with Crippen LogP contribution < -0.4 is 0 Å². The summed E-state index contributed by atoms with van der Waals surface area (Å²) in [6.45, 7) is 8.04. The molecule has 1 aromatic heterocycles. The number of aryl methyl sites for hydroxylation is 1. The molecule has 48 heavy (non-hydrogen) atoms. The maximum atomic E-state index is 2.66. The molecule has 3 heteroatoms. The van der Waals surface area contributed by atoms with Gasteiger partial charge in [-0.3, -0.25) is 0 Å². The van der Waals surface area contributed by atoms with Crippen molar-refractivity contribution in [2.24, 2.45) is 0 Å². The van der Waals surface area contributed by atoms with Crippen molar-refractivity contribution in [1.82, 2.24) is 4.57 Å². The second-order valence-electron chi connectivity index (χ2n) is 14.4. The molecule has 0 radical (unpaired) electrons. The van der Waals surface area contributed by atoms with Crippen molar-refractivity contribution in [2.75, 3.05) is 0 Å². The molecule has 0 amide bonds. The van der Waals surface area contributed by atoms with Gasteiger partial charge in [0.05, 0.1) is 5.52 Å². The van der Waals surface area contributed by atoms with Crippen LogP contribution in [0.1, 0.15) is 135 Å². The molecule has 0 N–H and O–H groups in total. The van der Waals surface area contributed by atoms with Crippen LogP contribution in [0.25, 0.3) is 44.1 Å². The van der Waals surface area contributed by atoms with E-state index in [4.69, 9.17) is 0 Å². The van der Waals surface area contributed by atoms with Crippen LogP contribution in [0, 0.1) is 7.14 Å². The number of rotatable bonds is 18. The Kier molecular flexibility index (Phi) is 12.7. The van der Waals surface area contributed by atoms with Crippen molar-refractivity contribution < 1.29 is 0 Å². The fourth-order valence-corrected chi connectivity index (χ4v) is 9.71. The standard InChI is InChI=1S/C45H55I2N/c1-4-7-10-12-14-19-27-45(28-20-15-13-11-8-5-2)39-31-35(47)23-25-36(39)37-32-41-43(42(44(37)45)33-21-17-16-18-22-33)38-30-34(46)24-26-40(38)48(41)29-9-6-3/h16-18,21-26,30-32H,4-15,19-20,27-29H2,1-3H3. The van der Waals surface area contributed by atoms with E-state index >= 15 is 0 Å². The van der Waals surface area contributed by atoms with Crippen molar-refractivity contribution in [1.29, 1.82) is 0 Å². The van der Waals surface area contributed by atoms with Crippen LogP contribution in [0.3, 0.4) is 0 Å². The van der Waals surface area contributed by atoms with Gasteiger partial charge in [0, 0.05) is 35.4 Å². The largest absolute Gasteiger partial charge is 0.340 e. The molecule has 0 fully saturated rings. The van der Waals surface area contributed by atoms with Gasteiger partial charge in [-0.2, -0.15) is 0 Å². The molecule has 6 rings (SSSR count). The van der Waals surface area contributed by atoms with Gasteiger partial charge < -0.3 is 4.57 Å². The third-order valence-corrected chi connectivity index (χ3v) is 12.4. The minimum absolute atomic E-state index is 0.0283. The summed E-state index contributed by atoms with van der Waals surface area (Å²) < 4.78 is 5.34. The Morgan fingerprint density at radius 3 is 1.83 bits per heavy atom. The molecule has 1 aliphatic rings. The van der Waals surface area contributed by atoms with E-state index in [9.17, 15) is 0 Å². The van der Waals surface area contributed by atoms with Crippen molar-refractivity contribution in [3.05, 3.63) is 91.1 Å². The van der Waals surface area contributed by atoms with E-state index in [2.05, 4.69) is 143 Å². The van der Waals surface area contributed by atoms with Crippen LogP contribution in [0.15, 0.2) is 72.8 Å². The van der Waals surface area contributed by atoms with Gasteiger partial charge in [0.2, 0.25) is 0 Å². The Labute approximate surface area is 318 Å². The molecule has 1 aliphatic carbocycles. The van der Waals surface area contributed by atoms with Gasteiger partial charge in [-0.05, 0) is 134 Å². The van der Waals surface area contributed by atoms with Gasteiger partial charge in [-0.1, -0.05) is 141 Å². The SMILES string of the molecule is CCCCCCCCC1(CCCCCCCC)c2cc(I)ccc2-c2cc3c(c(-c4ccccc4)c21)c1cc(I)ccc1n3CCCC. The highest BCUT2D eigenvalue weighted by Crippen LogP contribution is 2.59. The van der Waals surface area contributed by atoms with E-state index in [1.807, 2.05) is 0 Å². The third kappa shape index (κ3) is 7.29. The summed E-state index contributed by atoms with van der Waals surface area (Å²) in [5.41, 5.74) is 11.9. The number of benzene rings is 4. The minimum Gasteiger partial charge on any atom is -0.340 e. The van der Waals surface area contributed by atoms with E-state index in [1.165, 1.54) is 154 Å². The van der Waals surface area contributed by atoms with Crippen molar-refractivity contribution in [2.45, 2.75) is 135 Å². The van der Waals surface area contributed by atoms with Crippen LogP contribution in [0.5, 0.6) is 0 Å². The summed E-state index contributed by atoms with van der Waals surface area (Å²) in [6.07, 6.45) is 21.0. The van der Waals surface area contributed by atoms with E-state index < -0.39 is 0 Å². The lowest BCUT2D eigenvalue weighted by Gasteiger charge is -2.35. The molecule has 0 aliphatic heterocycles. The van der Waals surface area contributed by atoms with E-state index in [0.717, 1.165) is 6.54 Å². The first-order valence-corrected chi connectivity index (χ1v) is 21.3. The van der Waals surface area contributed by atoms with Gasteiger partial charge >= 0.3 is 0 Å². The van der Waals surface area contributed by atoms with Crippen LogP contribution in [-0.4, -0.2) is 4.57 Å². The average molecular weight is 864 g/mol. The highest BCUT2D eigenvalue weighted by atomic mass is 127. The Bertz CT molecular complexity index is 1800. The summed E-state index contributed by atoms with van der Waals surface area (Å²) in [6, 6.07) is 28.7. The highest BCUT2D eigenvalue weighted by Gasteiger charge is 2.45. The molecule has 0 spiro atoms. The topological polar surface area (TPSA) is 4.93 Å². The predicted octanol–water partition coefficient (Wildman–Crippen LogP) is 15.2. The summed E-state index contributed by atoms with van der Waals surface area (Å²) in [7, 11) is 0. The summed E-state index contributed by atoms with van der Waals surface area (Å²) in [5, 5.41) is 2.90. The average Bonchev–Trinajstić information content (AvgIpc) is 3.54. The summed E-state index contributed by atoms with van der Waals surface area (Å²) >= 11 is 5.10. The molecule has 0 saturated heterocycles. The van der Waals surface area contributed by atoms with E-state index in [0.29, 0.717) is 0 Å². The van der Waals surface area contributed by atoms with E-state index in [-0.39, 0.29) is 5.41 Å². The Hall–Kier alpha value is -1.86. The molecule has 254 valence electrons. The minimum atomic E-state index is 0.0283. The van der Waals surface area contributed by atoms with Gasteiger partial charge in [0.1, 0.15) is 0 Å². The molecular weight excluding hydrogens is 808 g/mol. The number of aromatic nitrogens is 1. The maximum absolute atomic E-state index is 2.66. The Morgan fingerprint density at radius 2 is 1.17 bits per heavy atom. The first-order valence-electron chi connectivity index (χ1n) is 19.2. The lowest BCUT2D eigenvalue weighted by Crippen LogP contribution is -2.26. The van der Waals surface area contributed by atoms with Gasteiger partial charge in [0.15, 0.2) is 0 Å². The number of hydrogen-bond donors (Lipinski definition) is 0. The number of halogens is 2. The Balaban J connectivity index is 1.63. The van der Waals surface area contributed by atoms with Gasteiger partial charge in [-0.25, -0.2) is 0 Å². The highest BCUT2D eigenvalue weighted by molar-refractivity contribution is 14.1. The zero-order valence-corrected chi connectivity index (χ0v) is 34.0. The predicted molar refractivity (Wildman–Crippen MR) is 227 cm³/mol. The van der Waals surface area contributed by atoms with Crippen LogP contribution >= 0.6 is 45.2 Å². The molecule has 1 heterocycles. The third-order valence-electron chi connectivity index (χ3n) is 11.1. The molecule has 1 nitrogen and oxygen atoms in total. The monoisotopic (exact) mass is 863 g/mol. The first-order chi connectivity index (χ1) is 23.5. The molecular formula is C45H55I2N. The quantitative estimate of drug-likeness (QED) is 0.0611. The molecule has 5 aromatic rings. The van der Waals surface area contributed by atoms with Crippen molar-refractivity contribution in [3.8, 4) is 22.3 Å². The van der Waals surface area contributed by atoms with Gasteiger partial charge in [0.25, 0.3) is 0 Å². The molecule has 0 bridgehead atoms. The number of nitrogens with zero attached hydrogens (tertiary/aromatic N) is 1. The van der Waals surface area contributed by atoms with Crippen molar-refractivity contribution in [3.63, 3.8) is 0 Å². The van der Waals surface area contributed by atoms with Crippen molar-refractivity contribution >= 4 is 67.0 Å². The number of unbranched alkanes of at least 4 members (excludes halogenated alkanes) is 11. The zero-order valence-electron chi connectivity index (χ0n) is 29.7. The zero-order chi connectivity index (χ0) is 33.5. The summed E-state index contributed by atoms with van der Waals surface area (Å²) in [5.74, 6) is 0. The van der Waals surface area contributed by atoms with Crippen LogP contribution in [-0.2, 0) is 12.0 Å². The lowest BCUT2D eigenvalue weighted by molar-refractivity contribution is 0.398. The molecule has 0 atom stereocenters. The first kappa shape index (κ1) is 35.9.